The van der Waals surface area contributed by atoms with Gasteiger partial charge in [0.2, 0.25) is 0 Å². The third-order valence-corrected chi connectivity index (χ3v) is 2.36. The molecule has 0 radical (unpaired) electrons. The molecule has 1 amide bonds. The van der Waals surface area contributed by atoms with Crippen molar-refractivity contribution in [2.45, 2.75) is 46.1 Å². The second-order valence-electron chi connectivity index (χ2n) is 5.31. The summed E-state index contributed by atoms with van der Waals surface area (Å²) in [6.07, 6.45) is 3.39. The van der Waals surface area contributed by atoms with Crippen molar-refractivity contribution in [2.24, 2.45) is 0 Å². The van der Waals surface area contributed by atoms with Gasteiger partial charge >= 0.3 is 6.09 Å². The molecule has 0 aliphatic heterocycles. The number of amides is 1. The van der Waals surface area contributed by atoms with Crippen LogP contribution >= 0.6 is 0 Å². The number of aryl methyl sites for hydroxylation is 1. The van der Waals surface area contributed by atoms with E-state index in [1.54, 1.807) is 13.2 Å². The maximum atomic E-state index is 11.9. The Bertz CT molecular complexity index is 411. The largest absolute Gasteiger partial charge is 0.443 e. The van der Waals surface area contributed by atoms with Crippen LogP contribution in [-0.4, -0.2) is 23.7 Å². The first-order valence-corrected chi connectivity index (χ1v) is 6.25. The Hall–Kier alpha value is -1.58. The normalized spacial score (nSPS) is 11.2. The summed E-state index contributed by atoms with van der Waals surface area (Å²) in [5.74, 6) is 0.621. The van der Waals surface area contributed by atoms with Crippen LogP contribution in [0, 0.1) is 0 Å². The molecule has 1 heterocycles. The van der Waals surface area contributed by atoms with E-state index in [1.807, 2.05) is 32.9 Å². The van der Waals surface area contributed by atoms with Gasteiger partial charge in [0, 0.05) is 13.2 Å². The van der Waals surface area contributed by atoms with Crippen molar-refractivity contribution < 1.29 is 9.53 Å². The van der Waals surface area contributed by atoms with Crippen LogP contribution in [0.25, 0.3) is 0 Å². The van der Waals surface area contributed by atoms with E-state index < -0.39 is 5.60 Å². The van der Waals surface area contributed by atoms with E-state index in [1.165, 1.54) is 10.5 Å². The molecule has 1 aromatic rings. The van der Waals surface area contributed by atoms with Crippen molar-refractivity contribution in [3.8, 4) is 0 Å². The molecule has 18 heavy (non-hydrogen) atoms. The van der Waals surface area contributed by atoms with E-state index in [0.717, 1.165) is 12.8 Å². The van der Waals surface area contributed by atoms with Crippen LogP contribution in [0.3, 0.4) is 0 Å². The van der Waals surface area contributed by atoms with Gasteiger partial charge in [-0.05, 0) is 44.9 Å². The maximum Gasteiger partial charge on any atom is 0.415 e. The van der Waals surface area contributed by atoms with E-state index in [9.17, 15) is 4.79 Å². The number of rotatable bonds is 3. The van der Waals surface area contributed by atoms with E-state index in [2.05, 4.69) is 11.9 Å². The van der Waals surface area contributed by atoms with E-state index >= 15 is 0 Å². The fourth-order valence-corrected chi connectivity index (χ4v) is 1.51. The van der Waals surface area contributed by atoms with Gasteiger partial charge in [-0.3, -0.25) is 4.90 Å². The Morgan fingerprint density at radius 3 is 2.67 bits per heavy atom. The third-order valence-electron chi connectivity index (χ3n) is 2.36. The molecule has 100 valence electrons. The van der Waals surface area contributed by atoms with Crippen molar-refractivity contribution in [3.63, 3.8) is 0 Å². The number of hydrogen-bond acceptors (Lipinski definition) is 3. The number of hydrogen-bond donors (Lipinski definition) is 0. The first kappa shape index (κ1) is 14.5. The standard InChI is InChI=1S/C14H22N2O2/c1-6-7-11-8-9-15-12(10-11)16(5)13(17)18-14(2,3)4/h8-10H,6-7H2,1-5H3. The SMILES string of the molecule is CCCc1ccnc(N(C)C(=O)OC(C)(C)C)c1. The number of ether oxygens (including phenoxy) is 1. The average molecular weight is 250 g/mol. The number of pyridine rings is 1. The average Bonchev–Trinajstić information content (AvgIpc) is 2.26. The van der Waals surface area contributed by atoms with Crippen LogP contribution in [0.4, 0.5) is 10.6 Å². The molecule has 0 aliphatic rings. The molecule has 1 aromatic heterocycles. The van der Waals surface area contributed by atoms with Gasteiger partial charge in [-0.2, -0.15) is 0 Å². The summed E-state index contributed by atoms with van der Waals surface area (Å²) in [5, 5.41) is 0. The van der Waals surface area contributed by atoms with Crippen LogP contribution in [0.1, 0.15) is 39.7 Å². The zero-order valence-electron chi connectivity index (χ0n) is 11.9. The van der Waals surface area contributed by atoms with E-state index in [4.69, 9.17) is 4.74 Å². The summed E-state index contributed by atoms with van der Waals surface area (Å²) in [4.78, 5) is 17.5. The summed E-state index contributed by atoms with van der Waals surface area (Å²) >= 11 is 0. The van der Waals surface area contributed by atoms with Crippen LogP contribution in [0.5, 0.6) is 0 Å². The highest BCUT2D eigenvalue weighted by atomic mass is 16.6. The van der Waals surface area contributed by atoms with Gasteiger partial charge in [0.25, 0.3) is 0 Å². The highest BCUT2D eigenvalue weighted by Gasteiger charge is 2.21. The zero-order chi connectivity index (χ0) is 13.8. The molecule has 0 saturated carbocycles. The molecule has 4 heteroatoms. The predicted octanol–water partition coefficient (Wildman–Crippen LogP) is 3.41. The number of nitrogens with zero attached hydrogens (tertiary/aromatic N) is 2. The summed E-state index contributed by atoms with van der Waals surface area (Å²) in [6.45, 7) is 7.66. The van der Waals surface area contributed by atoms with Gasteiger partial charge in [-0.1, -0.05) is 13.3 Å². The Morgan fingerprint density at radius 2 is 2.11 bits per heavy atom. The Kier molecular flexibility index (Phi) is 4.70. The fourth-order valence-electron chi connectivity index (χ4n) is 1.51. The van der Waals surface area contributed by atoms with Gasteiger partial charge in [0.15, 0.2) is 0 Å². The Balaban J connectivity index is 2.80. The van der Waals surface area contributed by atoms with Crippen LogP contribution in [0.2, 0.25) is 0 Å². The Morgan fingerprint density at radius 1 is 1.44 bits per heavy atom. The molecule has 0 atom stereocenters. The lowest BCUT2D eigenvalue weighted by Crippen LogP contribution is -2.34. The molecule has 1 rings (SSSR count). The summed E-state index contributed by atoms with van der Waals surface area (Å²) in [5.41, 5.74) is 0.685. The van der Waals surface area contributed by atoms with Crippen molar-refractivity contribution in [3.05, 3.63) is 23.9 Å². The van der Waals surface area contributed by atoms with E-state index in [-0.39, 0.29) is 6.09 Å². The molecule has 0 bridgehead atoms. The zero-order valence-corrected chi connectivity index (χ0v) is 11.9. The van der Waals surface area contributed by atoms with Crippen molar-refractivity contribution in [2.75, 3.05) is 11.9 Å². The lowest BCUT2D eigenvalue weighted by atomic mass is 10.1. The first-order chi connectivity index (χ1) is 8.33. The molecule has 0 saturated heterocycles. The van der Waals surface area contributed by atoms with Crippen molar-refractivity contribution in [1.82, 2.24) is 4.98 Å². The molecular formula is C14H22N2O2. The van der Waals surface area contributed by atoms with Gasteiger partial charge in [-0.15, -0.1) is 0 Å². The molecule has 0 aromatic carbocycles. The minimum atomic E-state index is -0.494. The smallest absolute Gasteiger partial charge is 0.415 e. The predicted molar refractivity (Wildman–Crippen MR) is 72.9 cm³/mol. The third kappa shape index (κ3) is 4.35. The van der Waals surface area contributed by atoms with Crippen LogP contribution in [0.15, 0.2) is 18.3 Å². The second-order valence-corrected chi connectivity index (χ2v) is 5.31. The number of aromatic nitrogens is 1. The van der Waals surface area contributed by atoms with Gasteiger partial charge < -0.3 is 4.74 Å². The summed E-state index contributed by atoms with van der Waals surface area (Å²) in [6, 6.07) is 3.89. The Labute approximate surface area is 109 Å². The lowest BCUT2D eigenvalue weighted by molar-refractivity contribution is 0.0588. The maximum absolute atomic E-state index is 11.9. The molecule has 0 N–H and O–H groups in total. The van der Waals surface area contributed by atoms with Gasteiger partial charge in [-0.25, -0.2) is 9.78 Å². The molecule has 0 unspecified atom stereocenters. The molecule has 4 nitrogen and oxygen atoms in total. The van der Waals surface area contributed by atoms with Crippen LogP contribution in [-0.2, 0) is 11.2 Å². The first-order valence-electron chi connectivity index (χ1n) is 6.25. The highest BCUT2D eigenvalue weighted by molar-refractivity contribution is 5.86. The fraction of sp³-hybridized carbons (Fsp3) is 0.571. The number of carbonyl (C=O) groups excluding carboxylic acids is 1. The van der Waals surface area contributed by atoms with Crippen molar-refractivity contribution in [1.29, 1.82) is 0 Å². The van der Waals surface area contributed by atoms with Crippen molar-refractivity contribution >= 4 is 11.9 Å². The molecular weight excluding hydrogens is 228 g/mol. The van der Waals surface area contributed by atoms with E-state index in [0.29, 0.717) is 5.82 Å². The minimum Gasteiger partial charge on any atom is -0.443 e. The second kappa shape index (κ2) is 5.85. The molecule has 0 fully saturated rings. The molecule has 0 aliphatic carbocycles. The number of anilines is 1. The number of carbonyl (C=O) groups is 1. The lowest BCUT2D eigenvalue weighted by Gasteiger charge is -2.24. The highest BCUT2D eigenvalue weighted by Crippen LogP contribution is 2.16. The van der Waals surface area contributed by atoms with Crippen LogP contribution < -0.4 is 4.90 Å². The van der Waals surface area contributed by atoms with Gasteiger partial charge in [0.1, 0.15) is 11.4 Å². The monoisotopic (exact) mass is 250 g/mol. The topological polar surface area (TPSA) is 42.4 Å². The summed E-state index contributed by atoms with van der Waals surface area (Å²) < 4.78 is 5.30. The quantitative estimate of drug-likeness (QED) is 0.825. The minimum absolute atomic E-state index is 0.386. The summed E-state index contributed by atoms with van der Waals surface area (Å²) in [7, 11) is 1.67. The van der Waals surface area contributed by atoms with Gasteiger partial charge in [0.05, 0.1) is 0 Å². The molecule has 0 spiro atoms.